The van der Waals surface area contributed by atoms with E-state index in [1.165, 1.54) is 5.56 Å². The van der Waals surface area contributed by atoms with Crippen molar-refractivity contribution in [3.63, 3.8) is 0 Å². The summed E-state index contributed by atoms with van der Waals surface area (Å²) in [7, 11) is 0. The summed E-state index contributed by atoms with van der Waals surface area (Å²) in [4.78, 5) is 11.9. The predicted octanol–water partition coefficient (Wildman–Crippen LogP) is 3.02. The average Bonchev–Trinajstić information content (AvgIpc) is 3.30. The molecule has 4 heteroatoms. The van der Waals surface area contributed by atoms with Gasteiger partial charge in [-0.2, -0.15) is 0 Å². The smallest absolute Gasteiger partial charge is 0.223 e. The number of hydrogen-bond acceptors (Lipinski definition) is 2. The van der Waals surface area contributed by atoms with Crippen LogP contribution in [0.1, 0.15) is 31.2 Å². The largest absolute Gasteiger partial charge is 0.381 e. The van der Waals surface area contributed by atoms with Crippen molar-refractivity contribution in [2.75, 3.05) is 19.8 Å². The average molecular weight is 338 g/mol. The topological polar surface area (TPSA) is 38.3 Å². The Morgan fingerprint density at radius 1 is 1.35 bits per heavy atom. The number of rotatable bonds is 4. The van der Waals surface area contributed by atoms with Crippen LogP contribution in [-0.4, -0.2) is 25.7 Å². The highest BCUT2D eigenvalue weighted by Gasteiger charge is 2.37. The van der Waals surface area contributed by atoms with Gasteiger partial charge in [0.25, 0.3) is 0 Å². The molecular formula is C16H20BrNO2. The summed E-state index contributed by atoms with van der Waals surface area (Å²) in [5.41, 5.74) is 1.32. The first-order valence-electron chi connectivity index (χ1n) is 7.31. The van der Waals surface area contributed by atoms with Crippen molar-refractivity contribution >= 4 is 21.8 Å². The molecule has 2 fully saturated rings. The Labute approximate surface area is 128 Å². The van der Waals surface area contributed by atoms with Gasteiger partial charge < -0.3 is 10.1 Å². The lowest BCUT2D eigenvalue weighted by Gasteiger charge is -2.38. The monoisotopic (exact) mass is 337 g/mol. The summed E-state index contributed by atoms with van der Waals surface area (Å²) in [6.07, 6.45) is 4.04. The molecule has 20 heavy (non-hydrogen) atoms. The van der Waals surface area contributed by atoms with Crippen LogP contribution in [-0.2, 0) is 14.9 Å². The van der Waals surface area contributed by atoms with Crippen molar-refractivity contribution in [2.24, 2.45) is 5.92 Å². The number of halogens is 1. The minimum absolute atomic E-state index is 0.0204. The molecule has 108 valence electrons. The maximum atomic E-state index is 11.9. The van der Waals surface area contributed by atoms with E-state index in [1.54, 1.807) is 0 Å². The quantitative estimate of drug-likeness (QED) is 0.917. The molecule has 1 N–H and O–H groups in total. The third-order valence-corrected chi connectivity index (χ3v) is 4.93. The second kappa shape index (κ2) is 5.86. The van der Waals surface area contributed by atoms with Crippen molar-refractivity contribution < 1.29 is 9.53 Å². The molecule has 3 rings (SSSR count). The maximum absolute atomic E-state index is 11.9. The van der Waals surface area contributed by atoms with E-state index in [2.05, 4.69) is 39.4 Å². The van der Waals surface area contributed by atoms with E-state index in [0.29, 0.717) is 0 Å². The minimum atomic E-state index is 0.0204. The lowest BCUT2D eigenvalue weighted by atomic mass is 9.74. The zero-order valence-electron chi connectivity index (χ0n) is 11.5. The normalized spacial score (nSPS) is 21.4. The first-order chi connectivity index (χ1) is 9.70. The SMILES string of the molecule is O=C(NCC1(c2cccc(Br)c2)CCOCC1)C1CC1. The molecule has 0 aromatic heterocycles. The first-order valence-corrected chi connectivity index (χ1v) is 8.10. The first kappa shape index (κ1) is 14.1. The molecule has 1 aromatic rings. The molecule has 1 aromatic carbocycles. The number of carbonyl (C=O) groups excluding carboxylic acids is 1. The van der Waals surface area contributed by atoms with Crippen LogP contribution in [0, 0.1) is 5.92 Å². The molecule has 0 radical (unpaired) electrons. The van der Waals surface area contributed by atoms with E-state index in [1.807, 2.05) is 6.07 Å². The number of amides is 1. The van der Waals surface area contributed by atoms with Crippen LogP contribution < -0.4 is 5.32 Å². The Balaban J connectivity index is 1.78. The van der Waals surface area contributed by atoms with Crippen LogP contribution >= 0.6 is 15.9 Å². The molecule has 1 aliphatic carbocycles. The Morgan fingerprint density at radius 3 is 2.75 bits per heavy atom. The van der Waals surface area contributed by atoms with Gasteiger partial charge in [-0.25, -0.2) is 0 Å². The highest BCUT2D eigenvalue weighted by atomic mass is 79.9. The van der Waals surface area contributed by atoms with Gasteiger partial charge in [-0.15, -0.1) is 0 Å². The molecule has 1 saturated heterocycles. The van der Waals surface area contributed by atoms with E-state index < -0.39 is 0 Å². The predicted molar refractivity (Wildman–Crippen MR) is 81.6 cm³/mol. The summed E-state index contributed by atoms with van der Waals surface area (Å²) in [5.74, 6) is 0.500. The lowest BCUT2D eigenvalue weighted by molar-refractivity contribution is -0.122. The fourth-order valence-corrected chi connectivity index (χ4v) is 3.29. The zero-order valence-corrected chi connectivity index (χ0v) is 13.1. The van der Waals surface area contributed by atoms with Gasteiger partial charge in [0, 0.05) is 35.6 Å². The van der Waals surface area contributed by atoms with Crippen molar-refractivity contribution in [1.82, 2.24) is 5.32 Å². The Morgan fingerprint density at radius 2 is 2.10 bits per heavy atom. The van der Waals surface area contributed by atoms with E-state index in [-0.39, 0.29) is 17.2 Å². The fraction of sp³-hybridized carbons (Fsp3) is 0.562. The van der Waals surface area contributed by atoms with E-state index in [4.69, 9.17) is 4.74 Å². The van der Waals surface area contributed by atoms with Gasteiger partial charge in [-0.3, -0.25) is 4.79 Å². The van der Waals surface area contributed by atoms with Crippen molar-refractivity contribution in [1.29, 1.82) is 0 Å². The number of hydrogen-bond donors (Lipinski definition) is 1. The summed E-state index contributed by atoms with van der Waals surface area (Å²) >= 11 is 3.55. The van der Waals surface area contributed by atoms with Crippen molar-refractivity contribution in [2.45, 2.75) is 31.1 Å². The van der Waals surface area contributed by atoms with Gasteiger partial charge in [0.1, 0.15) is 0 Å². The van der Waals surface area contributed by atoms with E-state index in [0.717, 1.165) is 49.9 Å². The van der Waals surface area contributed by atoms with Gasteiger partial charge in [0.05, 0.1) is 0 Å². The molecule has 3 nitrogen and oxygen atoms in total. The van der Waals surface area contributed by atoms with Crippen LogP contribution in [0.25, 0.3) is 0 Å². The molecule has 0 unspecified atom stereocenters. The number of benzene rings is 1. The van der Waals surface area contributed by atoms with Gasteiger partial charge in [-0.1, -0.05) is 28.1 Å². The van der Waals surface area contributed by atoms with Crippen LogP contribution in [0.5, 0.6) is 0 Å². The van der Waals surface area contributed by atoms with Crippen molar-refractivity contribution in [3.05, 3.63) is 34.3 Å². The Hall–Kier alpha value is -0.870. The number of nitrogens with one attached hydrogen (secondary N) is 1. The number of carbonyl (C=O) groups is 1. The van der Waals surface area contributed by atoms with Crippen LogP contribution in [0.15, 0.2) is 28.7 Å². The molecular weight excluding hydrogens is 318 g/mol. The fourth-order valence-electron chi connectivity index (χ4n) is 2.89. The molecule has 2 aliphatic rings. The van der Waals surface area contributed by atoms with Crippen LogP contribution in [0.4, 0.5) is 0 Å². The minimum Gasteiger partial charge on any atom is -0.381 e. The van der Waals surface area contributed by atoms with Gasteiger partial charge in [0.2, 0.25) is 5.91 Å². The van der Waals surface area contributed by atoms with E-state index >= 15 is 0 Å². The molecule has 1 saturated carbocycles. The van der Waals surface area contributed by atoms with Gasteiger partial charge in [0.15, 0.2) is 0 Å². The maximum Gasteiger partial charge on any atom is 0.223 e. The Kier molecular flexibility index (Phi) is 4.13. The van der Waals surface area contributed by atoms with Crippen LogP contribution in [0.2, 0.25) is 0 Å². The lowest BCUT2D eigenvalue weighted by Crippen LogP contribution is -2.45. The number of ether oxygens (including phenoxy) is 1. The summed E-state index contributed by atoms with van der Waals surface area (Å²) < 4.78 is 6.61. The molecule has 1 amide bonds. The highest BCUT2D eigenvalue weighted by molar-refractivity contribution is 9.10. The third-order valence-electron chi connectivity index (χ3n) is 4.44. The second-order valence-electron chi connectivity index (χ2n) is 5.90. The summed E-state index contributed by atoms with van der Waals surface area (Å²) in [5, 5.41) is 3.16. The molecule has 0 spiro atoms. The van der Waals surface area contributed by atoms with E-state index in [9.17, 15) is 4.79 Å². The van der Waals surface area contributed by atoms with Gasteiger partial charge in [-0.05, 0) is 43.4 Å². The zero-order chi connectivity index (χ0) is 14.0. The molecule has 1 heterocycles. The summed E-state index contributed by atoms with van der Waals surface area (Å²) in [6, 6.07) is 8.45. The van der Waals surface area contributed by atoms with Crippen LogP contribution in [0.3, 0.4) is 0 Å². The third kappa shape index (κ3) is 3.07. The van der Waals surface area contributed by atoms with Crippen molar-refractivity contribution in [3.8, 4) is 0 Å². The second-order valence-corrected chi connectivity index (χ2v) is 6.81. The molecule has 0 atom stereocenters. The molecule has 0 bridgehead atoms. The summed E-state index contributed by atoms with van der Waals surface area (Å²) in [6.45, 7) is 2.26. The highest BCUT2D eigenvalue weighted by Crippen LogP contribution is 2.36. The standard InChI is InChI=1S/C16H20BrNO2/c17-14-3-1-2-13(10-14)16(6-8-20-9-7-16)11-18-15(19)12-4-5-12/h1-3,10,12H,4-9,11H2,(H,18,19). The van der Waals surface area contributed by atoms with Gasteiger partial charge >= 0.3 is 0 Å². The Bertz CT molecular complexity index is 493. The molecule has 1 aliphatic heterocycles.